The molecule has 0 saturated heterocycles. The Kier molecular flexibility index (Phi) is 4.34. The Morgan fingerprint density at radius 3 is 2.96 bits per heavy atom. The predicted molar refractivity (Wildman–Crippen MR) is 102 cm³/mol. The zero-order chi connectivity index (χ0) is 18.1. The van der Waals surface area contributed by atoms with E-state index in [1.165, 1.54) is 16.9 Å². The Morgan fingerprint density at radius 1 is 1.35 bits per heavy atom. The Morgan fingerprint density at radius 2 is 2.15 bits per heavy atom. The van der Waals surface area contributed by atoms with Gasteiger partial charge in [0, 0.05) is 6.54 Å². The molecule has 0 saturated carbocycles. The summed E-state index contributed by atoms with van der Waals surface area (Å²) in [6.45, 7) is 6.59. The summed E-state index contributed by atoms with van der Waals surface area (Å²) in [7, 11) is 0. The van der Waals surface area contributed by atoms with Crippen LogP contribution in [-0.4, -0.2) is 23.2 Å². The quantitative estimate of drug-likeness (QED) is 0.667. The van der Waals surface area contributed by atoms with Crippen molar-refractivity contribution in [1.82, 2.24) is 4.57 Å². The van der Waals surface area contributed by atoms with E-state index in [1.807, 2.05) is 35.8 Å². The standard InChI is InChI=1S/C20H18N2O3S/c1-3-10-22-14-9-8-13(2)11-18(14)26-20(22)21-19(23)17-12-24-15-6-4-5-7-16(15)25-17/h3-9,11,17H,1,10,12H2,2H3. The van der Waals surface area contributed by atoms with Crippen molar-refractivity contribution in [1.29, 1.82) is 0 Å². The number of aromatic nitrogens is 1. The van der Waals surface area contributed by atoms with Crippen LogP contribution >= 0.6 is 11.3 Å². The van der Waals surface area contributed by atoms with E-state index in [9.17, 15) is 4.79 Å². The number of amides is 1. The molecule has 0 aliphatic carbocycles. The van der Waals surface area contributed by atoms with Gasteiger partial charge in [0.05, 0.1) is 10.2 Å². The van der Waals surface area contributed by atoms with E-state index in [2.05, 4.69) is 23.7 Å². The number of rotatable bonds is 3. The van der Waals surface area contributed by atoms with Crippen molar-refractivity contribution in [2.75, 3.05) is 6.61 Å². The molecule has 2 heterocycles. The van der Waals surface area contributed by atoms with Crippen molar-refractivity contribution < 1.29 is 14.3 Å². The van der Waals surface area contributed by atoms with Gasteiger partial charge >= 0.3 is 0 Å². The van der Waals surface area contributed by atoms with Crippen LogP contribution < -0.4 is 14.3 Å². The number of hydrogen-bond donors (Lipinski definition) is 0. The second kappa shape index (κ2) is 6.80. The largest absolute Gasteiger partial charge is 0.485 e. The average molecular weight is 366 g/mol. The van der Waals surface area contributed by atoms with Gasteiger partial charge in [0.2, 0.25) is 6.10 Å². The highest BCUT2D eigenvalue weighted by molar-refractivity contribution is 7.16. The van der Waals surface area contributed by atoms with Crippen LogP contribution in [-0.2, 0) is 11.3 Å². The molecule has 1 aromatic heterocycles. The number of carbonyl (C=O) groups is 1. The van der Waals surface area contributed by atoms with Crippen molar-refractivity contribution in [3.05, 3.63) is 65.5 Å². The lowest BCUT2D eigenvalue weighted by molar-refractivity contribution is -0.127. The average Bonchev–Trinajstić information content (AvgIpc) is 2.98. The van der Waals surface area contributed by atoms with E-state index in [4.69, 9.17) is 9.47 Å². The van der Waals surface area contributed by atoms with Crippen molar-refractivity contribution in [3.63, 3.8) is 0 Å². The van der Waals surface area contributed by atoms with Crippen LogP contribution in [0.1, 0.15) is 5.56 Å². The third-order valence-corrected chi connectivity index (χ3v) is 5.18. The van der Waals surface area contributed by atoms with Gasteiger partial charge in [0.1, 0.15) is 6.61 Å². The van der Waals surface area contributed by atoms with E-state index in [0.29, 0.717) is 22.8 Å². The van der Waals surface area contributed by atoms with Crippen LogP contribution in [0.2, 0.25) is 0 Å². The Bertz CT molecular complexity index is 1060. The minimum atomic E-state index is -0.742. The van der Waals surface area contributed by atoms with Gasteiger partial charge in [-0.2, -0.15) is 4.99 Å². The lowest BCUT2D eigenvalue weighted by atomic mass is 10.2. The van der Waals surface area contributed by atoms with E-state index >= 15 is 0 Å². The van der Waals surface area contributed by atoms with Gasteiger partial charge in [-0.15, -0.1) is 6.58 Å². The molecule has 26 heavy (non-hydrogen) atoms. The zero-order valence-corrected chi connectivity index (χ0v) is 15.2. The molecule has 1 atom stereocenters. The SMILES string of the molecule is C=CCn1c(=NC(=O)C2COc3ccccc3O2)sc2cc(C)ccc21. The number of para-hydroxylation sites is 2. The molecular formula is C20H18N2O3S. The fraction of sp³-hybridized carbons (Fsp3) is 0.200. The predicted octanol–water partition coefficient (Wildman–Crippen LogP) is 3.46. The molecule has 2 aromatic carbocycles. The molecule has 0 bridgehead atoms. The van der Waals surface area contributed by atoms with E-state index in [0.717, 1.165) is 10.2 Å². The van der Waals surface area contributed by atoms with Gasteiger partial charge < -0.3 is 14.0 Å². The van der Waals surface area contributed by atoms with Crippen LogP contribution in [0.5, 0.6) is 11.5 Å². The molecule has 0 fully saturated rings. The smallest absolute Gasteiger partial charge is 0.292 e. The molecule has 0 radical (unpaired) electrons. The normalized spacial score (nSPS) is 16.7. The molecule has 132 valence electrons. The summed E-state index contributed by atoms with van der Waals surface area (Å²) in [5.74, 6) is 0.870. The van der Waals surface area contributed by atoms with Crippen molar-refractivity contribution in [3.8, 4) is 11.5 Å². The molecule has 5 nitrogen and oxygen atoms in total. The summed E-state index contributed by atoms with van der Waals surface area (Å²) >= 11 is 1.49. The van der Waals surface area contributed by atoms with Gasteiger partial charge in [0.15, 0.2) is 16.3 Å². The molecule has 1 aliphatic heterocycles. The number of hydrogen-bond acceptors (Lipinski definition) is 4. The Labute approximate surface area is 154 Å². The minimum absolute atomic E-state index is 0.158. The van der Waals surface area contributed by atoms with Crippen LogP contribution in [0, 0.1) is 6.92 Å². The first kappa shape index (κ1) is 16.6. The van der Waals surface area contributed by atoms with Crippen molar-refractivity contribution in [2.24, 2.45) is 4.99 Å². The molecule has 4 rings (SSSR count). The highest BCUT2D eigenvalue weighted by atomic mass is 32.1. The summed E-state index contributed by atoms with van der Waals surface area (Å²) in [6.07, 6.45) is 1.06. The number of thiazole rings is 1. The van der Waals surface area contributed by atoms with Gasteiger partial charge in [-0.3, -0.25) is 4.79 Å². The number of carbonyl (C=O) groups excluding carboxylic acids is 1. The summed E-state index contributed by atoms with van der Waals surface area (Å²) in [6, 6.07) is 13.5. The number of allylic oxidation sites excluding steroid dienone is 1. The monoisotopic (exact) mass is 366 g/mol. The maximum Gasteiger partial charge on any atom is 0.292 e. The molecule has 1 aliphatic rings. The first-order chi connectivity index (χ1) is 12.7. The Balaban J connectivity index is 1.70. The second-order valence-electron chi connectivity index (χ2n) is 6.07. The molecular weight excluding hydrogens is 348 g/mol. The summed E-state index contributed by atoms with van der Waals surface area (Å²) in [5, 5.41) is 0. The summed E-state index contributed by atoms with van der Waals surface area (Å²) < 4.78 is 14.5. The molecule has 3 aromatic rings. The van der Waals surface area contributed by atoms with Gasteiger partial charge in [-0.1, -0.05) is 35.6 Å². The fourth-order valence-corrected chi connectivity index (χ4v) is 4.02. The van der Waals surface area contributed by atoms with Crippen LogP contribution in [0.15, 0.2) is 60.1 Å². The molecule has 6 heteroatoms. The van der Waals surface area contributed by atoms with Crippen LogP contribution in [0.4, 0.5) is 0 Å². The lowest BCUT2D eigenvalue weighted by Crippen LogP contribution is -2.36. The minimum Gasteiger partial charge on any atom is -0.485 e. The van der Waals surface area contributed by atoms with E-state index in [-0.39, 0.29) is 12.5 Å². The highest BCUT2D eigenvalue weighted by Crippen LogP contribution is 2.31. The van der Waals surface area contributed by atoms with E-state index in [1.54, 1.807) is 12.1 Å². The first-order valence-electron chi connectivity index (χ1n) is 8.33. The van der Waals surface area contributed by atoms with Gasteiger partial charge in [-0.25, -0.2) is 0 Å². The maximum absolute atomic E-state index is 12.7. The second-order valence-corrected chi connectivity index (χ2v) is 7.08. The van der Waals surface area contributed by atoms with Gasteiger partial charge in [-0.05, 0) is 36.8 Å². The van der Waals surface area contributed by atoms with Crippen LogP contribution in [0.3, 0.4) is 0 Å². The number of nitrogens with zero attached hydrogens (tertiary/aromatic N) is 2. The third-order valence-electron chi connectivity index (χ3n) is 4.14. The highest BCUT2D eigenvalue weighted by Gasteiger charge is 2.27. The topological polar surface area (TPSA) is 52.8 Å². The summed E-state index contributed by atoms with van der Waals surface area (Å²) in [5.41, 5.74) is 2.21. The molecule has 0 spiro atoms. The van der Waals surface area contributed by atoms with E-state index < -0.39 is 6.10 Å². The van der Waals surface area contributed by atoms with Gasteiger partial charge in [0.25, 0.3) is 5.91 Å². The number of aryl methyl sites for hydroxylation is 1. The fourth-order valence-electron chi connectivity index (χ4n) is 2.88. The maximum atomic E-state index is 12.7. The third kappa shape index (κ3) is 3.04. The number of fused-ring (bicyclic) bond motifs is 2. The number of benzene rings is 2. The zero-order valence-electron chi connectivity index (χ0n) is 14.3. The molecule has 0 N–H and O–H groups in total. The first-order valence-corrected chi connectivity index (χ1v) is 9.15. The summed E-state index contributed by atoms with van der Waals surface area (Å²) in [4.78, 5) is 17.6. The van der Waals surface area contributed by atoms with Crippen molar-refractivity contribution in [2.45, 2.75) is 19.6 Å². The lowest BCUT2D eigenvalue weighted by Gasteiger charge is -2.23. The number of ether oxygens (including phenoxy) is 2. The Hall–Kier alpha value is -2.86. The molecule has 1 amide bonds. The van der Waals surface area contributed by atoms with Crippen molar-refractivity contribution >= 4 is 27.5 Å². The molecule has 1 unspecified atom stereocenters. The van der Waals surface area contributed by atoms with Crippen LogP contribution in [0.25, 0.3) is 10.2 Å².